The Morgan fingerprint density at radius 3 is 2.60 bits per heavy atom. The number of furan rings is 1. The fourth-order valence-electron chi connectivity index (χ4n) is 7.59. The number of benzene rings is 3. The Balaban J connectivity index is 0.00000435. The second-order valence-electron chi connectivity index (χ2n) is 14.1. The van der Waals surface area contributed by atoms with Crippen LogP contribution >= 0.6 is 0 Å². The first kappa shape index (κ1) is 36.4. The summed E-state index contributed by atoms with van der Waals surface area (Å²) in [5, 5.41) is 8.23. The summed E-state index contributed by atoms with van der Waals surface area (Å²) in [7, 11) is 4.12. The summed E-state index contributed by atoms with van der Waals surface area (Å²) >= 11 is 0. The van der Waals surface area contributed by atoms with Crippen LogP contribution in [-0.4, -0.2) is 105 Å². The lowest BCUT2D eigenvalue weighted by molar-refractivity contribution is -0.121. The molecule has 2 aromatic heterocycles. The molecule has 0 saturated carbocycles. The number of hydrogen-bond acceptors (Lipinski definition) is 9. The van der Waals surface area contributed by atoms with Gasteiger partial charge in [0.05, 0.1) is 24.3 Å². The van der Waals surface area contributed by atoms with E-state index in [1.165, 1.54) is 6.07 Å². The van der Waals surface area contributed by atoms with Crippen LogP contribution in [0.15, 0.2) is 57.9 Å². The highest BCUT2D eigenvalue weighted by atomic mass is 19.1. The van der Waals surface area contributed by atoms with Crippen molar-refractivity contribution in [2.75, 3.05) is 78.0 Å². The lowest BCUT2D eigenvalue weighted by Crippen LogP contribution is -2.42. The molecule has 0 bridgehead atoms. The van der Waals surface area contributed by atoms with Gasteiger partial charge < -0.3 is 43.8 Å². The number of nitrogens with one attached hydrogen (secondary N) is 2. The summed E-state index contributed by atoms with van der Waals surface area (Å²) in [4.78, 5) is 46.3. The van der Waals surface area contributed by atoms with Gasteiger partial charge in [-0.2, -0.15) is 0 Å². The van der Waals surface area contributed by atoms with E-state index in [1.807, 2.05) is 41.3 Å². The minimum Gasteiger partial charge on any atom is -0.456 e. The molecule has 3 aliphatic heterocycles. The van der Waals surface area contributed by atoms with Gasteiger partial charge in [0.25, 0.3) is 5.91 Å². The first-order valence-electron chi connectivity index (χ1n) is 18.1. The quantitative estimate of drug-likeness (QED) is 0.172. The smallest absolute Gasteiger partial charge is 0.259 e. The maximum Gasteiger partial charge on any atom is 0.259 e. The summed E-state index contributed by atoms with van der Waals surface area (Å²) in [6, 6.07) is 12.4. The van der Waals surface area contributed by atoms with Crippen molar-refractivity contribution in [1.29, 1.82) is 0 Å². The molecule has 3 aliphatic rings. The molecule has 0 spiro atoms. The number of rotatable bonds is 11. The maximum absolute atomic E-state index is 16.5. The van der Waals surface area contributed by atoms with E-state index in [-0.39, 0.29) is 41.8 Å². The standard InChI is InChI=1S/C39H43FN6O6.CH4/c1-43(2)13-6-5-11-41-12-9-34(47)42-24-10-14-45(22-24)36-29(40)19-27-35-38(36)52-33-20-26-25-7-3-4-8-31(25)51-32(26)21-30(33)46(35)23-28(37(27)48)39(49)44-15-17-50-18-16-44;/h3-4,7-8,19-21,23-24,41H,5-6,9-18,22H2,1-2H3,(H,42,47);1H4/t24-;/m1./s1. The van der Waals surface area contributed by atoms with E-state index in [2.05, 4.69) is 29.6 Å². The summed E-state index contributed by atoms with van der Waals surface area (Å²) < 4.78 is 36.4. The summed E-state index contributed by atoms with van der Waals surface area (Å²) in [6.07, 6.45) is 4.67. The van der Waals surface area contributed by atoms with Crippen LogP contribution in [0, 0.1) is 5.82 Å². The largest absolute Gasteiger partial charge is 0.456 e. The van der Waals surface area contributed by atoms with E-state index >= 15 is 4.39 Å². The second kappa shape index (κ2) is 15.2. The van der Waals surface area contributed by atoms with Crippen molar-refractivity contribution in [1.82, 2.24) is 25.0 Å². The van der Waals surface area contributed by atoms with E-state index in [9.17, 15) is 14.4 Å². The molecule has 13 heteroatoms. The molecule has 12 nitrogen and oxygen atoms in total. The van der Waals surface area contributed by atoms with Gasteiger partial charge in [0.1, 0.15) is 27.9 Å². The average molecular weight is 727 g/mol. The summed E-state index contributed by atoms with van der Waals surface area (Å²) in [5.74, 6) is -0.485. The Morgan fingerprint density at radius 1 is 0.981 bits per heavy atom. The monoisotopic (exact) mass is 726 g/mol. The molecular weight excluding hydrogens is 679 g/mol. The van der Waals surface area contributed by atoms with Gasteiger partial charge in [0, 0.05) is 68.2 Å². The lowest BCUT2D eigenvalue weighted by Gasteiger charge is -2.30. The molecule has 2 N–H and O–H groups in total. The molecule has 2 saturated heterocycles. The van der Waals surface area contributed by atoms with Gasteiger partial charge in [0.15, 0.2) is 17.3 Å². The van der Waals surface area contributed by atoms with Gasteiger partial charge in [-0.15, -0.1) is 0 Å². The van der Waals surface area contributed by atoms with Crippen LogP contribution in [0.2, 0.25) is 0 Å². The Bertz CT molecular complexity index is 2240. The molecule has 280 valence electrons. The minimum atomic E-state index is -0.633. The van der Waals surface area contributed by atoms with Gasteiger partial charge in [-0.25, -0.2) is 4.39 Å². The number of carbonyl (C=O) groups excluding carboxylic acids is 2. The molecule has 2 fully saturated rings. The Hall–Kier alpha value is -4.98. The second-order valence-corrected chi connectivity index (χ2v) is 14.1. The average Bonchev–Trinajstić information content (AvgIpc) is 3.75. The first-order chi connectivity index (χ1) is 25.3. The number of ether oxygens (including phenoxy) is 2. The molecule has 0 radical (unpaired) electrons. The zero-order valence-corrected chi connectivity index (χ0v) is 29.5. The van der Waals surface area contributed by atoms with Crippen molar-refractivity contribution in [3.8, 4) is 17.2 Å². The number of hydrogen-bond donors (Lipinski definition) is 2. The van der Waals surface area contributed by atoms with Crippen LogP contribution in [0.1, 0.15) is 43.5 Å². The van der Waals surface area contributed by atoms with Crippen LogP contribution in [-0.2, 0) is 9.53 Å². The number of amides is 2. The Kier molecular flexibility index (Phi) is 10.4. The van der Waals surface area contributed by atoms with Crippen molar-refractivity contribution in [2.24, 2.45) is 0 Å². The van der Waals surface area contributed by atoms with Crippen molar-refractivity contribution in [3.05, 3.63) is 70.3 Å². The maximum atomic E-state index is 16.5. The molecule has 53 heavy (non-hydrogen) atoms. The molecule has 2 amide bonds. The highest BCUT2D eigenvalue weighted by Gasteiger charge is 2.35. The van der Waals surface area contributed by atoms with Gasteiger partial charge in [-0.05, 0) is 64.6 Å². The molecule has 0 aliphatic carbocycles. The van der Waals surface area contributed by atoms with E-state index in [1.54, 1.807) is 15.7 Å². The molecule has 0 unspecified atom stereocenters. The zero-order chi connectivity index (χ0) is 35.9. The van der Waals surface area contributed by atoms with Gasteiger partial charge >= 0.3 is 0 Å². The number of anilines is 1. The topological polar surface area (TPSA) is 122 Å². The van der Waals surface area contributed by atoms with Gasteiger partial charge in [0.2, 0.25) is 11.3 Å². The first-order valence-corrected chi connectivity index (χ1v) is 18.1. The van der Waals surface area contributed by atoms with Crippen LogP contribution in [0.25, 0.3) is 38.5 Å². The third kappa shape index (κ3) is 6.96. The van der Waals surface area contributed by atoms with Crippen molar-refractivity contribution >= 4 is 50.3 Å². The number of para-hydroxylation sites is 1. The Labute approximate surface area is 307 Å². The molecular formula is C40H47FN6O6. The minimum absolute atomic E-state index is 0. The Morgan fingerprint density at radius 2 is 1.79 bits per heavy atom. The molecule has 5 heterocycles. The molecule has 1 atom stereocenters. The number of halogens is 1. The highest BCUT2D eigenvalue weighted by molar-refractivity contribution is 6.07. The number of morpholine rings is 1. The predicted molar refractivity (Wildman–Crippen MR) is 204 cm³/mol. The molecule has 3 aromatic carbocycles. The zero-order valence-electron chi connectivity index (χ0n) is 29.5. The molecule has 5 aromatic rings. The fourth-order valence-corrected chi connectivity index (χ4v) is 7.59. The summed E-state index contributed by atoms with van der Waals surface area (Å²) in [6.45, 7) is 4.81. The number of unbranched alkanes of at least 4 members (excludes halogenated alkanes) is 1. The van der Waals surface area contributed by atoms with E-state index in [0.717, 1.165) is 36.7 Å². The van der Waals surface area contributed by atoms with Crippen LogP contribution < -0.4 is 25.7 Å². The number of carbonyl (C=O) groups is 2. The lowest BCUT2D eigenvalue weighted by atomic mass is 10.0. The van der Waals surface area contributed by atoms with Gasteiger partial charge in [-0.3, -0.25) is 14.4 Å². The number of nitrogens with zero attached hydrogens (tertiary/aromatic N) is 4. The predicted octanol–water partition coefficient (Wildman–Crippen LogP) is 5.26. The highest BCUT2D eigenvalue weighted by Crippen LogP contribution is 2.49. The fraction of sp³-hybridized carbons (Fsp3) is 0.425. The van der Waals surface area contributed by atoms with Crippen molar-refractivity contribution < 1.29 is 27.9 Å². The normalized spacial score (nSPS) is 16.6. The third-order valence-corrected chi connectivity index (χ3v) is 10.2. The number of aromatic nitrogens is 1. The van der Waals surface area contributed by atoms with E-state index < -0.39 is 17.2 Å². The molecule has 8 rings (SSSR count). The van der Waals surface area contributed by atoms with E-state index in [4.69, 9.17) is 13.9 Å². The van der Waals surface area contributed by atoms with Crippen molar-refractivity contribution in [3.63, 3.8) is 0 Å². The third-order valence-electron chi connectivity index (χ3n) is 10.2. The van der Waals surface area contributed by atoms with Crippen LogP contribution in [0.5, 0.6) is 11.5 Å². The van der Waals surface area contributed by atoms with E-state index in [0.29, 0.717) is 86.9 Å². The summed E-state index contributed by atoms with van der Waals surface area (Å²) in [5.41, 5.74) is 1.84. The van der Waals surface area contributed by atoms with Gasteiger partial charge in [-0.1, -0.05) is 25.6 Å². The van der Waals surface area contributed by atoms with Crippen LogP contribution in [0.4, 0.5) is 10.1 Å². The number of pyridine rings is 1. The van der Waals surface area contributed by atoms with Crippen molar-refractivity contribution in [2.45, 2.75) is 39.2 Å². The SMILES string of the molecule is C.CN(C)CCCCNCCC(=O)N[C@@H]1CCN(c2c(F)cc3c(=O)c(C(=O)N4CCOCC4)cn4c3c2Oc2cc3c(cc2-4)oc2ccccc23)C1. The number of fused-ring (bicyclic) bond motifs is 5. The van der Waals surface area contributed by atoms with Crippen LogP contribution in [0.3, 0.4) is 0 Å².